The average Bonchev–Trinajstić information content (AvgIpc) is 2.47. The number of carbonyl (C=O) groups is 1. The van der Waals surface area contributed by atoms with Crippen LogP contribution in [0.15, 0.2) is 18.5 Å². The highest BCUT2D eigenvalue weighted by Crippen LogP contribution is 2.17. The van der Waals surface area contributed by atoms with E-state index < -0.39 is 5.82 Å². The highest BCUT2D eigenvalue weighted by Gasteiger charge is 2.05. The average molecular weight is 199 g/mol. The third-order valence-electron chi connectivity index (χ3n) is 1.61. The first-order valence-electron chi connectivity index (χ1n) is 3.49. The molecule has 2 rings (SSSR count). The summed E-state index contributed by atoms with van der Waals surface area (Å²) in [5.74, 6) is -0.465. The minimum absolute atomic E-state index is 0.188. The molecule has 0 saturated carbocycles. The maximum atomic E-state index is 12.8. The molecular weight excluding hydrogens is 195 g/mol. The van der Waals surface area contributed by atoms with Crippen molar-refractivity contribution in [3.63, 3.8) is 0 Å². The third-order valence-corrected chi connectivity index (χ3v) is 1.89. The lowest BCUT2D eigenvalue weighted by Crippen LogP contribution is -1.86. The summed E-state index contributed by atoms with van der Waals surface area (Å²) in [7, 11) is 0. The molecule has 0 aromatic carbocycles. The fraction of sp³-hybridized carbons (Fsp3) is 0. The Balaban J connectivity index is 2.82. The molecule has 0 N–H and O–H groups in total. The van der Waals surface area contributed by atoms with Gasteiger partial charge in [-0.3, -0.25) is 4.79 Å². The number of fused-ring (bicyclic) bond motifs is 1. The van der Waals surface area contributed by atoms with E-state index in [-0.39, 0.29) is 10.7 Å². The molecule has 13 heavy (non-hydrogen) atoms. The van der Waals surface area contributed by atoms with Gasteiger partial charge < -0.3 is 4.40 Å². The topological polar surface area (TPSA) is 34.4 Å². The van der Waals surface area contributed by atoms with E-state index in [1.54, 1.807) is 0 Å². The summed E-state index contributed by atoms with van der Waals surface area (Å²) in [5.41, 5.74) is 0.609. The molecule has 0 aliphatic heterocycles. The van der Waals surface area contributed by atoms with E-state index in [4.69, 9.17) is 11.6 Å². The molecule has 0 saturated heterocycles. The van der Waals surface area contributed by atoms with Gasteiger partial charge in [0.2, 0.25) is 0 Å². The predicted molar refractivity (Wildman–Crippen MR) is 45.5 cm³/mol. The van der Waals surface area contributed by atoms with Gasteiger partial charge in [0.25, 0.3) is 0 Å². The first-order valence-corrected chi connectivity index (χ1v) is 3.87. The zero-order valence-corrected chi connectivity index (χ0v) is 7.12. The molecule has 2 aromatic rings. The summed E-state index contributed by atoms with van der Waals surface area (Å²) in [4.78, 5) is 14.2. The minimum atomic E-state index is -0.465. The summed E-state index contributed by atoms with van der Waals surface area (Å²) in [6.07, 6.45) is 3.21. The monoisotopic (exact) mass is 198 g/mol. The second-order valence-corrected chi connectivity index (χ2v) is 2.93. The Morgan fingerprint density at radius 3 is 3.00 bits per heavy atom. The Hall–Kier alpha value is -1.42. The van der Waals surface area contributed by atoms with Gasteiger partial charge in [0.1, 0.15) is 11.5 Å². The number of aromatic nitrogens is 2. The van der Waals surface area contributed by atoms with Crippen LogP contribution in [0, 0.1) is 5.82 Å². The lowest BCUT2D eigenvalue weighted by atomic mass is 10.4. The number of hydrogen-bond donors (Lipinski definition) is 0. The van der Waals surface area contributed by atoms with E-state index in [2.05, 4.69) is 4.98 Å². The zero-order valence-electron chi connectivity index (χ0n) is 6.37. The lowest BCUT2D eigenvalue weighted by molar-refractivity contribution is 0.111. The van der Waals surface area contributed by atoms with Crippen LogP contribution < -0.4 is 0 Å². The normalized spacial score (nSPS) is 10.6. The van der Waals surface area contributed by atoms with Gasteiger partial charge in [0.15, 0.2) is 11.9 Å². The van der Waals surface area contributed by atoms with Crippen LogP contribution in [0.5, 0.6) is 0 Å². The van der Waals surface area contributed by atoms with Gasteiger partial charge in [0.05, 0.1) is 5.02 Å². The van der Waals surface area contributed by atoms with Crippen LogP contribution in [0.3, 0.4) is 0 Å². The van der Waals surface area contributed by atoms with Crippen molar-refractivity contribution < 1.29 is 9.18 Å². The Morgan fingerprint density at radius 1 is 1.54 bits per heavy atom. The summed E-state index contributed by atoms with van der Waals surface area (Å²) >= 11 is 5.69. The predicted octanol–water partition coefficient (Wildman–Crippen LogP) is 1.94. The fourth-order valence-electron chi connectivity index (χ4n) is 1.10. The molecule has 5 heteroatoms. The number of hydrogen-bond acceptors (Lipinski definition) is 2. The van der Waals surface area contributed by atoms with Crippen LogP contribution in [0.2, 0.25) is 5.02 Å². The number of nitrogens with zero attached hydrogens (tertiary/aromatic N) is 2. The van der Waals surface area contributed by atoms with Gasteiger partial charge in [-0.05, 0) is 6.07 Å². The van der Waals surface area contributed by atoms with Gasteiger partial charge >= 0.3 is 0 Å². The van der Waals surface area contributed by atoms with Crippen LogP contribution in [-0.4, -0.2) is 15.7 Å². The quantitative estimate of drug-likeness (QED) is 0.657. The number of rotatable bonds is 1. The van der Waals surface area contributed by atoms with Gasteiger partial charge in [-0.25, -0.2) is 9.37 Å². The maximum Gasteiger partial charge on any atom is 0.170 e. The van der Waals surface area contributed by atoms with Crippen molar-refractivity contribution in [2.24, 2.45) is 0 Å². The lowest BCUT2D eigenvalue weighted by Gasteiger charge is -1.94. The molecular formula is C8H4ClFN2O. The van der Waals surface area contributed by atoms with Crippen LogP contribution in [0.4, 0.5) is 4.39 Å². The van der Waals surface area contributed by atoms with Crippen LogP contribution >= 0.6 is 11.6 Å². The summed E-state index contributed by atoms with van der Waals surface area (Å²) in [5, 5.41) is 0.188. The van der Waals surface area contributed by atoms with Crippen molar-refractivity contribution in [2.45, 2.75) is 0 Å². The number of pyridine rings is 1. The van der Waals surface area contributed by atoms with Crippen molar-refractivity contribution in [3.05, 3.63) is 35.0 Å². The Kier molecular flexibility index (Phi) is 1.77. The maximum absolute atomic E-state index is 12.8. The molecule has 0 bridgehead atoms. The second-order valence-electron chi connectivity index (χ2n) is 2.52. The van der Waals surface area contributed by atoms with Gasteiger partial charge in [-0.15, -0.1) is 0 Å². The first kappa shape index (κ1) is 8.19. The summed E-state index contributed by atoms with van der Waals surface area (Å²) in [6.45, 7) is 0. The standard InChI is InChI=1S/C8H4ClFN2O/c9-7-1-5(10)2-12-3-6(4-13)11-8(7)12/h1-4H. The Morgan fingerprint density at radius 2 is 2.31 bits per heavy atom. The number of aldehydes is 1. The van der Waals surface area contributed by atoms with Crippen molar-refractivity contribution in [3.8, 4) is 0 Å². The highest BCUT2D eigenvalue weighted by atomic mass is 35.5. The Labute approximate surface area is 77.8 Å². The molecule has 3 nitrogen and oxygen atoms in total. The smallest absolute Gasteiger partial charge is 0.170 e. The van der Waals surface area contributed by atoms with Crippen LogP contribution in [-0.2, 0) is 0 Å². The van der Waals surface area contributed by atoms with Gasteiger partial charge in [-0.2, -0.15) is 0 Å². The molecule has 0 aliphatic carbocycles. The molecule has 66 valence electrons. The largest absolute Gasteiger partial charge is 0.302 e. The molecule has 0 fully saturated rings. The van der Waals surface area contributed by atoms with E-state index in [0.29, 0.717) is 11.9 Å². The number of imidazole rings is 1. The molecule has 0 unspecified atom stereocenters. The minimum Gasteiger partial charge on any atom is -0.302 e. The third kappa shape index (κ3) is 1.29. The van der Waals surface area contributed by atoms with Crippen LogP contribution in [0.25, 0.3) is 5.65 Å². The van der Waals surface area contributed by atoms with E-state index >= 15 is 0 Å². The van der Waals surface area contributed by atoms with E-state index in [1.165, 1.54) is 16.8 Å². The number of halogens is 2. The molecule has 2 aromatic heterocycles. The SMILES string of the molecule is O=Cc1cn2cc(F)cc(Cl)c2n1. The fourth-order valence-corrected chi connectivity index (χ4v) is 1.34. The summed E-state index contributed by atoms with van der Waals surface area (Å²) < 4.78 is 14.2. The molecule has 0 atom stereocenters. The molecule has 0 radical (unpaired) electrons. The van der Waals surface area contributed by atoms with Crippen molar-refractivity contribution in [1.82, 2.24) is 9.38 Å². The van der Waals surface area contributed by atoms with E-state index in [9.17, 15) is 9.18 Å². The van der Waals surface area contributed by atoms with Gasteiger partial charge in [0, 0.05) is 12.4 Å². The highest BCUT2D eigenvalue weighted by molar-refractivity contribution is 6.33. The van der Waals surface area contributed by atoms with Crippen molar-refractivity contribution in [2.75, 3.05) is 0 Å². The first-order chi connectivity index (χ1) is 6.20. The molecule has 0 spiro atoms. The molecule has 2 heterocycles. The molecule has 0 amide bonds. The van der Waals surface area contributed by atoms with Crippen LogP contribution in [0.1, 0.15) is 10.5 Å². The zero-order chi connectivity index (χ0) is 9.42. The summed E-state index contributed by atoms with van der Waals surface area (Å²) in [6, 6.07) is 1.15. The number of carbonyl (C=O) groups excluding carboxylic acids is 1. The van der Waals surface area contributed by atoms with Gasteiger partial charge in [-0.1, -0.05) is 11.6 Å². The van der Waals surface area contributed by atoms with Crippen molar-refractivity contribution in [1.29, 1.82) is 0 Å². The second kappa shape index (κ2) is 2.81. The van der Waals surface area contributed by atoms with Crippen molar-refractivity contribution >= 4 is 23.5 Å². The Bertz CT molecular complexity index is 480. The van der Waals surface area contributed by atoms with E-state index in [0.717, 1.165) is 6.07 Å². The van der Waals surface area contributed by atoms with E-state index in [1.807, 2.05) is 0 Å². The molecule has 0 aliphatic rings.